The first-order valence-corrected chi connectivity index (χ1v) is 6.14. The number of primary amides is 1. The Bertz CT molecular complexity index is 422. The van der Waals surface area contributed by atoms with E-state index in [0.29, 0.717) is 23.4 Å². The Kier molecular flexibility index (Phi) is 4.99. The molecule has 5 heteroatoms. The first-order valence-electron chi connectivity index (χ1n) is 5.76. The average Bonchev–Trinajstić information content (AvgIpc) is 2.26. The first kappa shape index (κ1) is 14.8. The van der Waals surface area contributed by atoms with E-state index in [1.54, 1.807) is 32.0 Å². The molecule has 0 aliphatic rings. The van der Waals surface area contributed by atoms with Crippen LogP contribution < -0.4 is 5.73 Å². The highest BCUT2D eigenvalue weighted by molar-refractivity contribution is 6.31. The molecule has 1 rings (SSSR count). The molecule has 0 unspecified atom stereocenters. The van der Waals surface area contributed by atoms with Crippen LogP contribution in [0.1, 0.15) is 32.3 Å². The summed E-state index contributed by atoms with van der Waals surface area (Å²) in [6.45, 7) is 3.42. The molecule has 1 aromatic rings. The fourth-order valence-corrected chi connectivity index (χ4v) is 2.17. The van der Waals surface area contributed by atoms with E-state index in [1.165, 1.54) is 0 Å². The number of rotatable bonds is 5. The molecule has 0 bridgehead atoms. The van der Waals surface area contributed by atoms with E-state index < -0.39 is 17.8 Å². The van der Waals surface area contributed by atoms with Crippen LogP contribution in [0.25, 0.3) is 0 Å². The van der Waals surface area contributed by atoms with Gasteiger partial charge in [0.25, 0.3) is 0 Å². The maximum absolute atomic E-state index is 11.0. The zero-order valence-corrected chi connectivity index (χ0v) is 11.3. The van der Waals surface area contributed by atoms with Crippen molar-refractivity contribution in [1.29, 1.82) is 0 Å². The van der Waals surface area contributed by atoms with Gasteiger partial charge < -0.3 is 15.6 Å². The van der Waals surface area contributed by atoms with Crippen LogP contribution in [0.5, 0.6) is 0 Å². The normalized spacial score (nSPS) is 15.8. The molecule has 0 radical (unpaired) electrons. The fourth-order valence-electron chi connectivity index (χ4n) is 1.84. The number of carbonyl (C=O) groups is 1. The van der Waals surface area contributed by atoms with Gasteiger partial charge in [0.05, 0.1) is 6.10 Å². The number of halogens is 1. The lowest BCUT2D eigenvalue weighted by Crippen LogP contribution is -2.33. The van der Waals surface area contributed by atoms with Gasteiger partial charge in [-0.3, -0.25) is 0 Å². The Labute approximate surface area is 112 Å². The molecule has 0 aliphatic heterocycles. The minimum atomic E-state index is -0.929. The van der Waals surface area contributed by atoms with E-state index in [2.05, 4.69) is 0 Å². The number of carbonyl (C=O) groups excluding carboxylic acids is 1. The predicted octanol–water partition coefficient (Wildman–Crippen LogP) is 2.81. The van der Waals surface area contributed by atoms with E-state index in [9.17, 15) is 9.90 Å². The SMILES string of the molecule is C[C@@H](O)CC[C@@](C)(OC(N)=O)c1ccccc1Cl. The lowest BCUT2D eigenvalue weighted by Gasteiger charge is -2.30. The van der Waals surface area contributed by atoms with E-state index in [1.807, 2.05) is 6.07 Å². The van der Waals surface area contributed by atoms with E-state index >= 15 is 0 Å². The van der Waals surface area contributed by atoms with Crippen LogP contribution >= 0.6 is 11.6 Å². The van der Waals surface area contributed by atoms with Crippen molar-refractivity contribution in [1.82, 2.24) is 0 Å². The quantitative estimate of drug-likeness (QED) is 0.865. The predicted molar refractivity (Wildman–Crippen MR) is 70.4 cm³/mol. The van der Waals surface area contributed by atoms with Crippen LogP contribution in [0.3, 0.4) is 0 Å². The van der Waals surface area contributed by atoms with Gasteiger partial charge in [-0.15, -0.1) is 0 Å². The van der Waals surface area contributed by atoms with Gasteiger partial charge in [-0.2, -0.15) is 0 Å². The van der Waals surface area contributed by atoms with Gasteiger partial charge >= 0.3 is 6.09 Å². The average molecular weight is 272 g/mol. The number of amides is 1. The summed E-state index contributed by atoms with van der Waals surface area (Å²) >= 11 is 6.11. The molecule has 0 saturated carbocycles. The molecule has 100 valence electrons. The second-order valence-corrected chi connectivity index (χ2v) is 4.93. The number of aliphatic hydroxyl groups excluding tert-OH is 1. The molecule has 0 aliphatic carbocycles. The monoisotopic (exact) mass is 271 g/mol. The molecule has 0 saturated heterocycles. The zero-order chi connectivity index (χ0) is 13.8. The summed E-state index contributed by atoms with van der Waals surface area (Å²) in [7, 11) is 0. The first-order chi connectivity index (χ1) is 8.35. The molecule has 0 heterocycles. The third-order valence-corrected chi connectivity index (χ3v) is 3.14. The third kappa shape index (κ3) is 3.89. The molecule has 1 aromatic carbocycles. The van der Waals surface area contributed by atoms with E-state index in [-0.39, 0.29) is 0 Å². The van der Waals surface area contributed by atoms with Gasteiger partial charge in [0.1, 0.15) is 5.60 Å². The van der Waals surface area contributed by atoms with Crippen LogP contribution in [0, 0.1) is 0 Å². The molecular formula is C13H18ClNO3. The molecule has 0 fully saturated rings. The molecule has 2 atom stereocenters. The van der Waals surface area contributed by atoms with Crippen LogP contribution in [0.4, 0.5) is 4.79 Å². The van der Waals surface area contributed by atoms with Crippen LogP contribution in [-0.2, 0) is 10.3 Å². The van der Waals surface area contributed by atoms with Gasteiger partial charge in [-0.25, -0.2) is 4.79 Å². The second-order valence-electron chi connectivity index (χ2n) is 4.52. The Morgan fingerprint density at radius 2 is 2.17 bits per heavy atom. The maximum atomic E-state index is 11.0. The van der Waals surface area contributed by atoms with Crippen molar-refractivity contribution in [3.63, 3.8) is 0 Å². The standard InChI is InChI=1S/C13H18ClNO3/c1-9(16)7-8-13(2,18-12(15)17)10-5-3-4-6-11(10)14/h3-6,9,16H,7-8H2,1-2H3,(H2,15,17)/t9-,13-/m1/s1. The highest BCUT2D eigenvalue weighted by Crippen LogP contribution is 2.35. The van der Waals surface area contributed by atoms with E-state index in [4.69, 9.17) is 22.1 Å². The lowest BCUT2D eigenvalue weighted by atomic mass is 9.89. The van der Waals surface area contributed by atoms with Crippen LogP contribution in [0.2, 0.25) is 5.02 Å². The molecule has 18 heavy (non-hydrogen) atoms. The second kappa shape index (κ2) is 6.07. The lowest BCUT2D eigenvalue weighted by molar-refractivity contribution is 0.0103. The van der Waals surface area contributed by atoms with Crippen molar-refractivity contribution in [2.24, 2.45) is 5.73 Å². The number of aliphatic hydroxyl groups is 1. The molecule has 1 amide bonds. The highest BCUT2D eigenvalue weighted by atomic mass is 35.5. The molecule has 4 nitrogen and oxygen atoms in total. The highest BCUT2D eigenvalue weighted by Gasteiger charge is 2.32. The maximum Gasteiger partial charge on any atom is 0.405 e. The Morgan fingerprint density at radius 1 is 1.56 bits per heavy atom. The minimum absolute atomic E-state index is 0.442. The summed E-state index contributed by atoms with van der Waals surface area (Å²) in [5.41, 5.74) is 4.86. The smallest absolute Gasteiger partial charge is 0.405 e. The Balaban J connectivity index is 3.03. The van der Waals surface area contributed by atoms with Gasteiger partial charge in [0, 0.05) is 10.6 Å². The summed E-state index contributed by atoms with van der Waals surface area (Å²) < 4.78 is 5.20. The van der Waals surface area contributed by atoms with Crippen LogP contribution in [0.15, 0.2) is 24.3 Å². The van der Waals surface area contributed by atoms with E-state index in [0.717, 1.165) is 0 Å². The Hall–Kier alpha value is -1.26. The van der Waals surface area contributed by atoms with Gasteiger partial charge in [-0.1, -0.05) is 29.8 Å². The summed E-state index contributed by atoms with van der Waals surface area (Å²) in [5.74, 6) is 0. The summed E-state index contributed by atoms with van der Waals surface area (Å²) in [6.07, 6.45) is -0.418. The summed E-state index contributed by atoms with van der Waals surface area (Å²) in [6, 6.07) is 7.12. The van der Waals surface area contributed by atoms with Crippen molar-refractivity contribution in [2.75, 3.05) is 0 Å². The molecule has 0 spiro atoms. The largest absolute Gasteiger partial charge is 0.438 e. The Morgan fingerprint density at radius 3 is 2.67 bits per heavy atom. The van der Waals surface area contributed by atoms with Crippen molar-refractivity contribution >= 4 is 17.7 Å². The number of hydrogen-bond acceptors (Lipinski definition) is 3. The zero-order valence-electron chi connectivity index (χ0n) is 10.5. The molecule has 3 N–H and O–H groups in total. The van der Waals surface area contributed by atoms with Gasteiger partial charge in [0.2, 0.25) is 0 Å². The summed E-state index contributed by atoms with van der Waals surface area (Å²) in [5, 5.41) is 9.87. The number of hydrogen-bond donors (Lipinski definition) is 2. The molecule has 0 aromatic heterocycles. The number of nitrogens with two attached hydrogens (primary N) is 1. The minimum Gasteiger partial charge on any atom is -0.438 e. The third-order valence-electron chi connectivity index (χ3n) is 2.81. The molecular weight excluding hydrogens is 254 g/mol. The topological polar surface area (TPSA) is 72.6 Å². The van der Waals surface area contributed by atoms with Crippen molar-refractivity contribution < 1.29 is 14.6 Å². The van der Waals surface area contributed by atoms with Gasteiger partial charge in [-0.05, 0) is 32.8 Å². The van der Waals surface area contributed by atoms with Crippen molar-refractivity contribution in [2.45, 2.75) is 38.4 Å². The van der Waals surface area contributed by atoms with Crippen LogP contribution in [-0.4, -0.2) is 17.3 Å². The van der Waals surface area contributed by atoms with Crippen molar-refractivity contribution in [3.05, 3.63) is 34.9 Å². The van der Waals surface area contributed by atoms with Crippen molar-refractivity contribution in [3.8, 4) is 0 Å². The summed E-state index contributed by atoms with van der Waals surface area (Å²) in [4.78, 5) is 11.0. The fraction of sp³-hybridized carbons (Fsp3) is 0.462. The number of benzene rings is 1. The van der Waals surface area contributed by atoms with Gasteiger partial charge in [0.15, 0.2) is 0 Å². The number of ether oxygens (including phenoxy) is 1.